The Bertz CT molecular complexity index is 631. The quantitative estimate of drug-likeness (QED) is 0.665. The molecular formula is C19H29N3O4. The molecule has 1 atom stereocenters. The fourth-order valence-electron chi connectivity index (χ4n) is 2.44. The lowest BCUT2D eigenvalue weighted by Crippen LogP contribution is -2.46. The molecule has 7 heteroatoms. The zero-order valence-corrected chi connectivity index (χ0v) is 16.0. The van der Waals surface area contributed by atoms with E-state index in [1.54, 1.807) is 37.1 Å². The number of rotatable bonds is 10. The van der Waals surface area contributed by atoms with Crippen LogP contribution in [0.2, 0.25) is 0 Å². The fourth-order valence-corrected chi connectivity index (χ4v) is 2.44. The van der Waals surface area contributed by atoms with E-state index in [9.17, 15) is 9.59 Å². The van der Waals surface area contributed by atoms with Crippen LogP contribution in [0.25, 0.3) is 0 Å². The Morgan fingerprint density at radius 1 is 1.19 bits per heavy atom. The van der Waals surface area contributed by atoms with Crippen LogP contribution in [0.1, 0.15) is 33.6 Å². The van der Waals surface area contributed by atoms with Gasteiger partial charge in [-0.2, -0.15) is 0 Å². The van der Waals surface area contributed by atoms with Gasteiger partial charge in [0.15, 0.2) is 11.5 Å². The molecule has 0 aliphatic heterocycles. The smallest absolute Gasteiger partial charge is 0.238 e. The first-order valence-electron chi connectivity index (χ1n) is 9.14. The summed E-state index contributed by atoms with van der Waals surface area (Å²) in [5.41, 5.74) is 0.630. The molecule has 2 rings (SSSR count). The van der Waals surface area contributed by atoms with Gasteiger partial charge in [0.05, 0.1) is 25.8 Å². The highest BCUT2D eigenvalue weighted by Gasteiger charge is 2.27. The number of amides is 2. The lowest BCUT2D eigenvalue weighted by molar-refractivity contribution is -0.126. The van der Waals surface area contributed by atoms with Crippen LogP contribution in [-0.4, -0.2) is 55.6 Å². The molecule has 1 fully saturated rings. The van der Waals surface area contributed by atoms with Crippen molar-refractivity contribution < 1.29 is 19.1 Å². The van der Waals surface area contributed by atoms with Gasteiger partial charge in [0, 0.05) is 17.8 Å². The van der Waals surface area contributed by atoms with E-state index in [-0.39, 0.29) is 24.4 Å². The Morgan fingerprint density at radius 2 is 1.85 bits per heavy atom. The molecule has 1 aliphatic carbocycles. The average Bonchev–Trinajstić information content (AvgIpc) is 3.40. The van der Waals surface area contributed by atoms with Crippen LogP contribution >= 0.6 is 0 Å². The lowest BCUT2D eigenvalue weighted by Gasteiger charge is -2.23. The summed E-state index contributed by atoms with van der Waals surface area (Å²) in [6.45, 7) is 6.77. The molecule has 0 radical (unpaired) electrons. The van der Waals surface area contributed by atoms with Gasteiger partial charge in [-0.15, -0.1) is 0 Å². The Hall–Kier alpha value is -2.28. The normalized spacial score (nSPS) is 14.7. The van der Waals surface area contributed by atoms with Gasteiger partial charge in [0.1, 0.15) is 0 Å². The predicted molar refractivity (Wildman–Crippen MR) is 101 cm³/mol. The zero-order valence-electron chi connectivity index (χ0n) is 16.0. The second-order valence-electron chi connectivity index (χ2n) is 6.45. The highest BCUT2D eigenvalue weighted by atomic mass is 16.5. The van der Waals surface area contributed by atoms with E-state index in [1.807, 2.05) is 13.8 Å². The minimum Gasteiger partial charge on any atom is -0.490 e. The third-order valence-electron chi connectivity index (χ3n) is 4.18. The molecule has 1 aromatic rings. The molecule has 0 spiro atoms. The van der Waals surface area contributed by atoms with Gasteiger partial charge in [-0.05, 0) is 52.8 Å². The van der Waals surface area contributed by atoms with Gasteiger partial charge >= 0.3 is 0 Å². The van der Waals surface area contributed by atoms with E-state index in [4.69, 9.17) is 9.47 Å². The summed E-state index contributed by atoms with van der Waals surface area (Å²) < 4.78 is 11.1. The first kappa shape index (κ1) is 20.0. The number of anilines is 1. The van der Waals surface area contributed by atoms with Crippen molar-refractivity contribution in [1.29, 1.82) is 0 Å². The predicted octanol–water partition coefficient (Wildman–Crippen LogP) is 2.02. The third kappa shape index (κ3) is 5.91. The molecule has 1 saturated carbocycles. The molecule has 2 N–H and O–H groups in total. The van der Waals surface area contributed by atoms with Gasteiger partial charge in [-0.3, -0.25) is 14.5 Å². The molecule has 1 aromatic carbocycles. The molecule has 0 bridgehead atoms. The van der Waals surface area contributed by atoms with Gasteiger partial charge in [-0.1, -0.05) is 0 Å². The zero-order chi connectivity index (χ0) is 19.1. The van der Waals surface area contributed by atoms with Crippen molar-refractivity contribution in [3.63, 3.8) is 0 Å². The number of ether oxygens (including phenoxy) is 2. The molecular weight excluding hydrogens is 334 g/mol. The number of benzene rings is 1. The van der Waals surface area contributed by atoms with Crippen molar-refractivity contribution in [3.8, 4) is 11.5 Å². The van der Waals surface area contributed by atoms with E-state index in [0.29, 0.717) is 36.4 Å². The number of carbonyl (C=O) groups is 2. The summed E-state index contributed by atoms with van der Waals surface area (Å²) in [6, 6.07) is 5.25. The summed E-state index contributed by atoms with van der Waals surface area (Å²) >= 11 is 0. The Kier molecular flexibility index (Phi) is 7.26. The van der Waals surface area contributed by atoms with Crippen molar-refractivity contribution in [2.24, 2.45) is 0 Å². The van der Waals surface area contributed by atoms with E-state index < -0.39 is 0 Å². The van der Waals surface area contributed by atoms with Crippen LogP contribution in [0.3, 0.4) is 0 Å². The van der Waals surface area contributed by atoms with Crippen LogP contribution in [0.5, 0.6) is 11.5 Å². The van der Waals surface area contributed by atoms with E-state index >= 15 is 0 Å². The standard InChI is InChI=1S/C19H29N3O4/c1-5-25-16-10-9-15(11-17(16)26-6-2)20-18(23)12-22(4)13(3)19(24)21-14-7-8-14/h9-11,13-14H,5-8,12H2,1-4H3,(H,20,23)(H,21,24)/t13-/m0/s1. The van der Waals surface area contributed by atoms with Crippen molar-refractivity contribution in [3.05, 3.63) is 18.2 Å². The van der Waals surface area contributed by atoms with Crippen LogP contribution in [0.4, 0.5) is 5.69 Å². The summed E-state index contributed by atoms with van der Waals surface area (Å²) in [5, 5.41) is 5.79. The Balaban J connectivity index is 1.91. The highest BCUT2D eigenvalue weighted by molar-refractivity contribution is 5.93. The number of likely N-dealkylation sites (N-methyl/N-ethyl adjacent to an activating group) is 1. The molecule has 0 saturated heterocycles. The van der Waals surface area contributed by atoms with Gasteiger partial charge in [-0.25, -0.2) is 0 Å². The molecule has 0 heterocycles. The number of nitrogens with zero attached hydrogens (tertiary/aromatic N) is 1. The monoisotopic (exact) mass is 363 g/mol. The van der Waals surface area contributed by atoms with Crippen LogP contribution < -0.4 is 20.1 Å². The Morgan fingerprint density at radius 3 is 2.46 bits per heavy atom. The molecule has 144 valence electrons. The third-order valence-corrected chi connectivity index (χ3v) is 4.18. The molecule has 0 aromatic heterocycles. The number of hydrogen-bond acceptors (Lipinski definition) is 5. The lowest BCUT2D eigenvalue weighted by atomic mass is 10.2. The SMILES string of the molecule is CCOc1ccc(NC(=O)CN(C)[C@@H](C)C(=O)NC2CC2)cc1OCC. The maximum atomic E-state index is 12.3. The molecule has 0 unspecified atom stereocenters. The first-order valence-corrected chi connectivity index (χ1v) is 9.14. The summed E-state index contributed by atoms with van der Waals surface area (Å²) in [7, 11) is 1.76. The van der Waals surface area contributed by atoms with Crippen molar-refractivity contribution in [2.75, 3.05) is 32.1 Å². The first-order chi connectivity index (χ1) is 12.4. The summed E-state index contributed by atoms with van der Waals surface area (Å²) in [5.74, 6) is 1.01. The van der Waals surface area contributed by atoms with Gasteiger partial charge in [0.25, 0.3) is 0 Å². The Labute approximate surface area is 155 Å². The number of carbonyl (C=O) groups excluding carboxylic acids is 2. The molecule has 7 nitrogen and oxygen atoms in total. The number of hydrogen-bond donors (Lipinski definition) is 2. The van der Waals surface area contributed by atoms with Crippen LogP contribution in [0, 0.1) is 0 Å². The maximum Gasteiger partial charge on any atom is 0.238 e. The van der Waals surface area contributed by atoms with Crippen molar-refractivity contribution >= 4 is 17.5 Å². The minimum atomic E-state index is -0.360. The second-order valence-corrected chi connectivity index (χ2v) is 6.45. The van der Waals surface area contributed by atoms with E-state index in [0.717, 1.165) is 12.8 Å². The van der Waals surface area contributed by atoms with E-state index in [2.05, 4.69) is 10.6 Å². The second kappa shape index (κ2) is 9.43. The van der Waals surface area contributed by atoms with Crippen molar-refractivity contribution in [1.82, 2.24) is 10.2 Å². The van der Waals surface area contributed by atoms with E-state index in [1.165, 1.54) is 0 Å². The largest absolute Gasteiger partial charge is 0.490 e. The minimum absolute atomic E-state index is 0.0394. The molecule has 2 amide bonds. The van der Waals surface area contributed by atoms with Crippen LogP contribution in [0.15, 0.2) is 18.2 Å². The molecule has 26 heavy (non-hydrogen) atoms. The van der Waals surface area contributed by atoms with Gasteiger partial charge in [0.2, 0.25) is 11.8 Å². The van der Waals surface area contributed by atoms with Crippen LogP contribution in [-0.2, 0) is 9.59 Å². The topological polar surface area (TPSA) is 79.9 Å². The number of nitrogens with one attached hydrogen (secondary N) is 2. The molecule has 1 aliphatic rings. The highest BCUT2D eigenvalue weighted by Crippen LogP contribution is 2.30. The maximum absolute atomic E-state index is 12.3. The summed E-state index contributed by atoms with van der Waals surface area (Å²) in [4.78, 5) is 26.1. The average molecular weight is 363 g/mol. The summed E-state index contributed by atoms with van der Waals surface area (Å²) in [6.07, 6.45) is 2.09. The van der Waals surface area contributed by atoms with Crippen molar-refractivity contribution in [2.45, 2.75) is 45.7 Å². The van der Waals surface area contributed by atoms with Gasteiger partial charge < -0.3 is 20.1 Å². The fraction of sp³-hybridized carbons (Fsp3) is 0.579.